The maximum absolute atomic E-state index is 3.28. The molecule has 1 heterocycles. The Morgan fingerprint density at radius 2 is 1.23 bits per heavy atom. The molecule has 1 rings (SSSR count). The Balaban J connectivity index is 2.36. The third-order valence-corrected chi connectivity index (χ3v) is 6.35. The molecule has 0 amide bonds. The van der Waals surface area contributed by atoms with E-state index in [1.165, 1.54) is 37.8 Å². The minimum absolute atomic E-state index is 0.806. The van der Waals surface area contributed by atoms with Gasteiger partial charge in [0.05, 0.1) is 0 Å². The van der Waals surface area contributed by atoms with Crippen LogP contribution in [-0.4, -0.2) is 8.07 Å². The van der Waals surface area contributed by atoms with Crippen LogP contribution in [0.1, 0.15) is 38.5 Å². The molecule has 0 aliphatic carbocycles. The molecule has 74 valence electrons. The smallest absolute Gasteiger partial charge is 0.0473 e. The summed E-state index contributed by atoms with van der Waals surface area (Å²) < 4.78 is 0. The normalized spacial score (nSPS) is 23.8. The third kappa shape index (κ3) is 5.16. The summed E-state index contributed by atoms with van der Waals surface area (Å²) in [6.07, 6.45) is 7.81. The molecule has 1 aliphatic rings. The van der Waals surface area contributed by atoms with E-state index >= 15 is 0 Å². The highest BCUT2D eigenvalue weighted by Crippen LogP contribution is 2.22. The first-order chi connectivity index (χ1) is 6.21. The van der Waals surface area contributed by atoms with E-state index in [9.17, 15) is 0 Å². The van der Waals surface area contributed by atoms with Crippen molar-refractivity contribution in [3.8, 4) is 11.8 Å². The van der Waals surface area contributed by atoms with Crippen LogP contribution in [0.25, 0.3) is 0 Å². The predicted molar refractivity (Wildman–Crippen MR) is 62.6 cm³/mol. The highest BCUT2D eigenvalue weighted by molar-refractivity contribution is 6.77. The Morgan fingerprint density at radius 3 is 1.69 bits per heavy atom. The zero-order valence-corrected chi connectivity index (χ0v) is 10.2. The first-order valence-corrected chi connectivity index (χ1v) is 9.08. The van der Waals surface area contributed by atoms with Crippen molar-refractivity contribution in [3.63, 3.8) is 0 Å². The van der Waals surface area contributed by atoms with E-state index < -0.39 is 8.07 Å². The van der Waals surface area contributed by atoms with E-state index in [-0.39, 0.29) is 0 Å². The van der Waals surface area contributed by atoms with Gasteiger partial charge >= 0.3 is 0 Å². The molecule has 0 N–H and O–H groups in total. The Labute approximate surface area is 84.1 Å². The lowest BCUT2D eigenvalue weighted by Crippen LogP contribution is -2.24. The van der Waals surface area contributed by atoms with Gasteiger partial charge in [0.2, 0.25) is 0 Å². The average molecular weight is 194 g/mol. The van der Waals surface area contributed by atoms with Crippen molar-refractivity contribution in [2.24, 2.45) is 0 Å². The zero-order chi connectivity index (χ0) is 9.57. The van der Waals surface area contributed by atoms with E-state index in [0.717, 1.165) is 12.8 Å². The second kappa shape index (κ2) is 5.50. The summed E-state index contributed by atoms with van der Waals surface area (Å²) >= 11 is 0. The van der Waals surface area contributed by atoms with Crippen LogP contribution >= 0.6 is 0 Å². The molecular formula is C12H22Si. The van der Waals surface area contributed by atoms with Gasteiger partial charge in [-0.1, -0.05) is 38.0 Å². The molecule has 0 radical (unpaired) electrons. The summed E-state index contributed by atoms with van der Waals surface area (Å²) in [7, 11) is -0.806. The largest absolute Gasteiger partial charge is 0.103 e. The van der Waals surface area contributed by atoms with Gasteiger partial charge in [0, 0.05) is 20.9 Å². The van der Waals surface area contributed by atoms with Crippen LogP contribution in [0.3, 0.4) is 0 Å². The summed E-state index contributed by atoms with van der Waals surface area (Å²) in [6.45, 7) is 5.09. The predicted octanol–water partition coefficient (Wildman–Crippen LogP) is 4.05. The second-order valence-electron chi connectivity index (χ2n) is 4.93. The molecule has 0 saturated heterocycles. The summed E-state index contributed by atoms with van der Waals surface area (Å²) in [5.74, 6) is 6.55. The van der Waals surface area contributed by atoms with Gasteiger partial charge in [-0.2, -0.15) is 0 Å². The summed E-state index contributed by atoms with van der Waals surface area (Å²) in [5, 5.41) is 0. The van der Waals surface area contributed by atoms with Gasteiger partial charge in [-0.05, 0) is 12.8 Å². The highest BCUT2D eigenvalue weighted by atomic mass is 28.3. The summed E-state index contributed by atoms with van der Waals surface area (Å²) in [5.41, 5.74) is 0. The Morgan fingerprint density at radius 1 is 0.769 bits per heavy atom. The topological polar surface area (TPSA) is 0 Å². The fourth-order valence-corrected chi connectivity index (χ4v) is 4.60. The molecule has 0 aromatic rings. The molecule has 0 unspecified atom stereocenters. The standard InChI is InChI=1S/C12H22Si/c1-13(2)11-9-7-5-3-4-6-8-10-12-13/h5-12H2,1-2H3. The van der Waals surface area contributed by atoms with Gasteiger partial charge in [-0.15, -0.1) is 11.8 Å². The lowest BCUT2D eigenvalue weighted by atomic mass is 10.2. The summed E-state index contributed by atoms with van der Waals surface area (Å²) in [6, 6.07) is 3.04. The van der Waals surface area contributed by atoms with E-state index in [2.05, 4.69) is 24.9 Å². The molecule has 0 spiro atoms. The van der Waals surface area contributed by atoms with Crippen molar-refractivity contribution in [2.45, 2.75) is 63.7 Å². The minimum atomic E-state index is -0.806. The molecule has 0 atom stereocenters. The first kappa shape index (κ1) is 10.9. The molecule has 13 heavy (non-hydrogen) atoms. The van der Waals surface area contributed by atoms with E-state index in [4.69, 9.17) is 0 Å². The molecule has 1 heteroatoms. The monoisotopic (exact) mass is 194 g/mol. The van der Waals surface area contributed by atoms with Gasteiger partial charge < -0.3 is 0 Å². The molecule has 0 nitrogen and oxygen atoms in total. The van der Waals surface area contributed by atoms with Gasteiger partial charge in [-0.25, -0.2) is 0 Å². The molecule has 1 aliphatic heterocycles. The first-order valence-electron chi connectivity index (χ1n) is 5.66. The highest BCUT2D eigenvalue weighted by Gasteiger charge is 2.18. The van der Waals surface area contributed by atoms with Crippen LogP contribution < -0.4 is 0 Å². The van der Waals surface area contributed by atoms with Crippen molar-refractivity contribution in [1.29, 1.82) is 0 Å². The van der Waals surface area contributed by atoms with Gasteiger partial charge in [0.25, 0.3) is 0 Å². The molecule has 0 fully saturated rings. The zero-order valence-electron chi connectivity index (χ0n) is 9.16. The quantitative estimate of drug-likeness (QED) is 0.403. The van der Waals surface area contributed by atoms with Crippen molar-refractivity contribution in [1.82, 2.24) is 0 Å². The minimum Gasteiger partial charge on any atom is -0.103 e. The van der Waals surface area contributed by atoms with Crippen LogP contribution in [-0.2, 0) is 0 Å². The number of rotatable bonds is 0. The molecule has 0 aromatic heterocycles. The van der Waals surface area contributed by atoms with Crippen LogP contribution in [0.2, 0.25) is 25.2 Å². The fraction of sp³-hybridized carbons (Fsp3) is 0.833. The molecular weight excluding hydrogens is 172 g/mol. The van der Waals surface area contributed by atoms with Crippen molar-refractivity contribution >= 4 is 8.07 Å². The number of hydrogen-bond donors (Lipinski definition) is 0. The Kier molecular flexibility index (Phi) is 4.59. The lowest BCUT2D eigenvalue weighted by molar-refractivity contribution is 0.795. The Hall–Kier alpha value is -0.223. The van der Waals surface area contributed by atoms with Crippen LogP contribution in [0.4, 0.5) is 0 Å². The van der Waals surface area contributed by atoms with Crippen LogP contribution in [0.5, 0.6) is 0 Å². The van der Waals surface area contributed by atoms with E-state index in [1.807, 2.05) is 0 Å². The average Bonchev–Trinajstić information content (AvgIpc) is 2.10. The van der Waals surface area contributed by atoms with Crippen molar-refractivity contribution in [3.05, 3.63) is 0 Å². The van der Waals surface area contributed by atoms with Crippen molar-refractivity contribution < 1.29 is 0 Å². The maximum atomic E-state index is 3.28. The molecule has 0 saturated carbocycles. The second-order valence-corrected chi connectivity index (χ2v) is 10.3. The number of hydrogen-bond acceptors (Lipinski definition) is 0. The van der Waals surface area contributed by atoms with E-state index in [0.29, 0.717) is 0 Å². The van der Waals surface area contributed by atoms with Gasteiger partial charge in [0.1, 0.15) is 0 Å². The SMILES string of the molecule is C[Si]1(C)CCCCC#CCCCC1. The third-order valence-electron chi connectivity index (χ3n) is 2.94. The lowest BCUT2D eigenvalue weighted by Gasteiger charge is -2.21. The van der Waals surface area contributed by atoms with Crippen molar-refractivity contribution in [2.75, 3.05) is 0 Å². The van der Waals surface area contributed by atoms with Gasteiger partial charge in [0.15, 0.2) is 0 Å². The summed E-state index contributed by atoms with van der Waals surface area (Å²) in [4.78, 5) is 0. The molecule has 0 bridgehead atoms. The maximum Gasteiger partial charge on any atom is 0.0473 e. The van der Waals surface area contributed by atoms with Crippen LogP contribution in [0.15, 0.2) is 0 Å². The van der Waals surface area contributed by atoms with Gasteiger partial charge in [-0.3, -0.25) is 0 Å². The van der Waals surface area contributed by atoms with Crippen LogP contribution in [0, 0.1) is 11.8 Å². The Bertz CT molecular complexity index is 177. The fourth-order valence-electron chi connectivity index (χ4n) is 1.94. The molecule has 0 aromatic carbocycles. The van der Waals surface area contributed by atoms with E-state index in [1.54, 1.807) is 0 Å².